The van der Waals surface area contributed by atoms with Crippen molar-refractivity contribution in [3.8, 4) is 6.07 Å². The normalized spacial score (nSPS) is 10.1. The zero-order chi connectivity index (χ0) is 13.1. The summed E-state index contributed by atoms with van der Waals surface area (Å²) in [6.07, 6.45) is 1.97. The topological polar surface area (TPSA) is 48.7 Å². The first-order chi connectivity index (χ1) is 8.65. The molecule has 0 bridgehead atoms. The highest BCUT2D eigenvalue weighted by Crippen LogP contribution is 2.30. The number of aromatic nitrogens is 1. The molecule has 0 unspecified atom stereocenters. The average Bonchev–Trinajstić information content (AvgIpc) is 2.68. The minimum atomic E-state index is 0.676. The van der Waals surface area contributed by atoms with E-state index >= 15 is 0 Å². The first-order valence-corrected chi connectivity index (χ1v) is 7.48. The summed E-state index contributed by atoms with van der Waals surface area (Å²) in [6.45, 7) is 4.03. The van der Waals surface area contributed by atoms with Gasteiger partial charge >= 0.3 is 0 Å². The minimum Gasteiger partial charge on any atom is -0.330 e. The summed E-state index contributed by atoms with van der Waals surface area (Å²) in [5, 5.41) is 13.3. The van der Waals surface area contributed by atoms with Gasteiger partial charge < -0.3 is 5.32 Å². The first kappa shape index (κ1) is 12.9. The minimum absolute atomic E-state index is 0.676. The lowest BCUT2D eigenvalue weighted by Gasteiger charge is -2.07. The van der Waals surface area contributed by atoms with Crippen LogP contribution in [0.15, 0.2) is 23.1 Å². The van der Waals surface area contributed by atoms with Crippen LogP contribution in [0.1, 0.15) is 16.1 Å². The average molecular weight is 275 g/mol. The molecule has 1 N–H and O–H groups in total. The standard InChI is InChI=1S/C13H13N3S2/c1-8-9(2)18-13(15-8)16-11-5-4-6-12(17-3)10(11)7-14/h4-6H,1-3H3,(H,15,16). The molecule has 5 heteroatoms. The SMILES string of the molecule is CSc1cccc(Nc2nc(C)c(C)s2)c1C#N. The van der Waals surface area contributed by atoms with Gasteiger partial charge in [0.2, 0.25) is 0 Å². The Labute approximate surface area is 115 Å². The number of hydrogen-bond acceptors (Lipinski definition) is 5. The third-order valence-electron chi connectivity index (χ3n) is 2.63. The number of anilines is 2. The Bertz CT molecular complexity index is 592. The van der Waals surface area contributed by atoms with E-state index in [9.17, 15) is 5.26 Å². The van der Waals surface area contributed by atoms with E-state index in [2.05, 4.69) is 16.4 Å². The van der Waals surface area contributed by atoms with Crippen LogP contribution in [0.2, 0.25) is 0 Å². The summed E-state index contributed by atoms with van der Waals surface area (Å²) >= 11 is 3.18. The van der Waals surface area contributed by atoms with Gasteiger partial charge in [0.25, 0.3) is 0 Å². The van der Waals surface area contributed by atoms with E-state index in [1.807, 2.05) is 38.3 Å². The van der Waals surface area contributed by atoms with Crippen molar-refractivity contribution in [3.63, 3.8) is 0 Å². The highest BCUT2D eigenvalue weighted by molar-refractivity contribution is 7.98. The van der Waals surface area contributed by atoms with Crippen LogP contribution in [-0.4, -0.2) is 11.2 Å². The van der Waals surface area contributed by atoms with Gasteiger partial charge in [-0.2, -0.15) is 5.26 Å². The number of nitrogens with zero attached hydrogens (tertiary/aromatic N) is 2. The Morgan fingerprint density at radius 3 is 2.72 bits per heavy atom. The second-order valence-corrected chi connectivity index (χ2v) is 5.83. The van der Waals surface area contributed by atoms with Crippen molar-refractivity contribution in [1.29, 1.82) is 5.26 Å². The summed E-state index contributed by atoms with van der Waals surface area (Å²) in [6, 6.07) is 8.06. The fourth-order valence-electron chi connectivity index (χ4n) is 1.56. The molecule has 1 heterocycles. The van der Waals surface area contributed by atoms with Crippen molar-refractivity contribution < 1.29 is 0 Å². The number of nitriles is 1. The number of benzene rings is 1. The quantitative estimate of drug-likeness (QED) is 0.857. The maximum absolute atomic E-state index is 9.25. The monoisotopic (exact) mass is 275 g/mol. The molecule has 2 aromatic rings. The lowest BCUT2D eigenvalue weighted by atomic mass is 10.2. The maximum Gasteiger partial charge on any atom is 0.187 e. The van der Waals surface area contributed by atoms with Gasteiger partial charge in [-0.1, -0.05) is 6.07 Å². The van der Waals surface area contributed by atoms with Gasteiger partial charge in [-0.15, -0.1) is 23.1 Å². The fraction of sp³-hybridized carbons (Fsp3) is 0.231. The zero-order valence-electron chi connectivity index (χ0n) is 10.4. The Kier molecular flexibility index (Phi) is 3.90. The fourth-order valence-corrected chi connectivity index (χ4v) is 2.96. The second kappa shape index (κ2) is 5.42. The molecule has 0 aliphatic rings. The molecule has 3 nitrogen and oxygen atoms in total. The van der Waals surface area contributed by atoms with Crippen molar-refractivity contribution in [2.24, 2.45) is 0 Å². The number of thiazole rings is 1. The Morgan fingerprint density at radius 2 is 2.17 bits per heavy atom. The molecule has 0 radical (unpaired) electrons. The molecular formula is C13H13N3S2. The zero-order valence-corrected chi connectivity index (χ0v) is 12.1. The van der Waals surface area contributed by atoms with Crippen LogP contribution in [0.4, 0.5) is 10.8 Å². The largest absolute Gasteiger partial charge is 0.330 e. The third-order valence-corrected chi connectivity index (χ3v) is 4.40. The molecule has 0 atom stereocenters. The Morgan fingerprint density at radius 1 is 1.39 bits per heavy atom. The molecule has 1 aromatic carbocycles. The van der Waals surface area contributed by atoms with Crippen LogP contribution < -0.4 is 5.32 Å². The van der Waals surface area contributed by atoms with Crippen molar-refractivity contribution in [1.82, 2.24) is 4.98 Å². The molecule has 18 heavy (non-hydrogen) atoms. The van der Waals surface area contributed by atoms with Crippen molar-refractivity contribution in [2.75, 3.05) is 11.6 Å². The summed E-state index contributed by atoms with van der Waals surface area (Å²) in [7, 11) is 0. The highest BCUT2D eigenvalue weighted by atomic mass is 32.2. The smallest absolute Gasteiger partial charge is 0.187 e. The lowest BCUT2D eigenvalue weighted by molar-refractivity contribution is 1.22. The van der Waals surface area contributed by atoms with E-state index in [0.717, 1.165) is 21.4 Å². The molecule has 2 rings (SSSR count). The van der Waals surface area contributed by atoms with Gasteiger partial charge in [0.15, 0.2) is 5.13 Å². The van der Waals surface area contributed by atoms with Gasteiger partial charge in [0.05, 0.1) is 16.9 Å². The van der Waals surface area contributed by atoms with Crippen LogP contribution >= 0.6 is 23.1 Å². The summed E-state index contributed by atoms with van der Waals surface area (Å²) in [5.74, 6) is 0. The van der Waals surface area contributed by atoms with E-state index in [4.69, 9.17) is 0 Å². The Hall–Kier alpha value is -1.51. The van der Waals surface area contributed by atoms with Gasteiger partial charge in [-0.05, 0) is 32.2 Å². The molecule has 0 saturated heterocycles. The molecule has 0 spiro atoms. The van der Waals surface area contributed by atoms with Crippen LogP contribution in [0.25, 0.3) is 0 Å². The van der Waals surface area contributed by atoms with Gasteiger partial charge in [-0.25, -0.2) is 4.98 Å². The number of nitrogens with one attached hydrogen (secondary N) is 1. The molecule has 0 saturated carbocycles. The predicted octanol–water partition coefficient (Wildman–Crippen LogP) is 4.10. The van der Waals surface area contributed by atoms with Crippen LogP contribution in [-0.2, 0) is 0 Å². The van der Waals surface area contributed by atoms with Gasteiger partial charge in [-0.3, -0.25) is 0 Å². The van der Waals surface area contributed by atoms with Crippen LogP contribution in [0.5, 0.6) is 0 Å². The van der Waals surface area contributed by atoms with E-state index in [1.54, 1.807) is 23.1 Å². The number of thioether (sulfide) groups is 1. The predicted molar refractivity (Wildman–Crippen MR) is 77.8 cm³/mol. The second-order valence-electron chi connectivity index (χ2n) is 3.78. The third kappa shape index (κ3) is 2.50. The highest BCUT2D eigenvalue weighted by Gasteiger charge is 2.10. The molecule has 0 aliphatic carbocycles. The lowest BCUT2D eigenvalue weighted by Crippen LogP contribution is -1.94. The molecule has 0 amide bonds. The first-order valence-electron chi connectivity index (χ1n) is 5.44. The molecule has 0 fully saturated rings. The van der Waals surface area contributed by atoms with Gasteiger partial charge in [0, 0.05) is 9.77 Å². The molecule has 0 aliphatic heterocycles. The van der Waals surface area contributed by atoms with E-state index in [-0.39, 0.29) is 0 Å². The molecule has 92 valence electrons. The number of aryl methyl sites for hydroxylation is 2. The summed E-state index contributed by atoms with van der Waals surface area (Å²) in [5.41, 5.74) is 2.52. The number of rotatable bonds is 3. The number of hydrogen-bond donors (Lipinski definition) is 1. The van der Waals surface area contributed by atoms with E-state index < -0.39 is 0 Å². The molecule has 1 aromatic heterocycles. The van der Waals surface area contributed by atoms with E-state index in [1.165, 1.54) is 4.88 Å². The summed E-state index contributed by atoms with van der Waals surface area (Å²) in [4.78, 5) is 6.60. The summed E-state index contributed by atoms with van der Waals surface area (Å²) < 4.78 is 0. The van der Waals surface area contributed by atoms with E-state index in [0.29, 0.717) is 5.56 Å². The van der Waals surface area contributed by atoms with Crippen molar-refractivity contribution in [2.45, 2.75) is 18.7 Å². The van der Waals surface area contributed by atoms with Crippen LogP contribution in [0.3, 0.4) is 0 Å². The van der Waals surface area contributed by atoms with Crippen molar-refractivity contribution >= 4 is 33.9 Å². The maximum atomic E-state index is 9.25. The van der Waals surface area contributed by atoms with Gasteiger partial charge in [0.1, 0.15) is 6.07 Å². The molecular weight excluding hydrogens is 262 g/mol. The van der Waals surface area contributed by atoms with Crippen LogP contribution in [0, 0.1) is 25.2 Å². The van der Waals surface area contributed by atoms with Crippen molar-refractivity contribution in [3.05, 3.63) is 34.3 Å². The Balaban J connectivity index is 2.37.